The van der Waals surface area contributed by atoms with Crippen LogP contribution in [0.4, 0.5) is 0 Å². The first-order chi connectivity index (χ1) is 15.8. The van der Waals surface area contributed by atoms with Crippen molar-refractivity contribution >= 4 is 5.97 Å². The van der Waals surface area contributed by atoms with Gasteiger partial charge in [0.1, 0.15) is 22.8 Å². The van der Waals surface area contributed by atoms with Crippen LogP contribution in [0.2, 0.25) is 0 Å². The van der Waals surface area contributed by atoms with Gasteiger partial charge >= 0.3 is 5.97 Å². The number of aliphatic hydroxyl groups is 4. The Labute approximate surface area is 195 Å². The predicted molar refractivity (Wildman–Crippen MR) is 121 cm³/mol. The van der Waals surface area contributed by atoms with Crippen molar-refractivity contribution in [1.29, 1.82) is 0 Å². The zero-order valence-electron chi connectivity index (χ0n) is 18.7. The van der Waals surface area contributed by atoms with Crippen molar-refractivity contribution in [3.8, 4) is 17.2 Å². The second-order valence-electron chi connectivity index (χ2n) is 8.27. The number of aliphatic hydroxyl groups excluding tert-OH is 2. The van der Waals surface area contributed by atoms with E-state index in [1.54, 1.807) is 32.0 Å². The van der Waals surface area contributed by atoms with E-state index in [0.717, 1.165) is 0 Å². The maximum Gasteiger partial charge on any atom is 0.339 e. The summed E-state index contributed by atoms with van der Waals surface area (Å²) in [5, 5.41) is 79.4. The Morgan fingerprint density at radius 2 is 0.971 bits per heavy atom. The zero-order chi connectivity index (χ0) is 25.5. The highest BCUT2D eigenvalue weighted by molar-refractivity contribution is 5.91. The second kappa shape index (κ2) is 9.32. The minimum Gasteiger partial charge on any atom is -0.507 e. The number of hydrogen-bond donors (Lipinski definition) is 8. The van der Waals surface area contributed by atoms with E-state index in [1.807, 2.05) is 0 Å². The van der Waals surface area contributed by atoms with E-state index in [-0.39, 0.29) is 33.8 Å². The maximum absolute atomic E-state index is 11.7. The molecule has 0 aliphatic carbocycles. The molecule has 0 unspecified atom stereocenters. The first-order valence-electron chi connectivity index (χ1n) is 10.3. The average Bonchev–Trinajstić information content (AvgIpc) is 2.74. The number of hydrogen-bond acceptors (Lipinski definition) is 8. The number of phenols is 3. The van der Waals surface area contributed by atoms with Crippen molar-refractivity contribution in [3.05, 3.63) is 86.5 Å². The highest BCUT2D eigenvalue weighted by atomic mass is 16.5. The Kier molecular flexibility index (Phi) is 6.85. The topological polar surface area (TPSA) is 179 Å². The molecule has 3 aromatic rings. The van der Waals surface area contributed by atoms with E-state index in [0.29, 0.717) is 27.8 Å². The van der Waals surface area contributed by atoms with Gasteiger partial charge in [0.2, 0.25) is 0 Å². The number of aromatic hydroxyl groups is 3. The number of carboxylic acids is 1. The van der Waals surface area contributed by atoms with Gasteiger partial charge in [-0.25, -0.2) is 4.79 Å². The zero-order valence-corrected chi connectivity index (χ0v) is 18.7. The molecule has 0 fully saturated rings. The molecule has 180 valence electrons. The quantitative estimate of drug-likeness (QED) is 0.198. The third kappa shape index (κ3) is 4.55. The molecule has 0 amide bonds. The summed E-state index contributed by atoms with van der Waals surface area (Å²) >= 11 is 0. The summed E-state index contributed by atoms with van der Waals surface area (Å²) in [6.45, 7) is 4.63. The van der Waals surface area contributed by atoms with Crippen LogP contribution in [0.25, 0.3) is 0 Å². The molecule has 0 radical (unpaired) electrons. The SMILES string of the molecule is Cc1cc(C(c2cc(C)c(O)c(C(O)O)c2)c2cc(C)c(O)c(C(O)O)c2)cc(C(=O)O)c1O. The maximum atomic E-state index is 11.7. The van der Waals surface area contributed by atoms with Gasteiger partial charge in [0, 0.05) is 17.0 Å². The van der Waals surface area contributed by atoms with Gasteiger partial charge < -0.3 is 40.9 Å². The third-order valence-corrected chi connectivity index (χ3v) is 5.81. The molecule has 0 saturated carbocycles. The molecule has 0 aliphatic heterocycles. The standard InChI is InChI=1S/C25H26O9/c1-10-4-13(7-16(20(10)26)23(29)30)19(14-5-11(2)21(27)17(8-14)24(31)32)15-6-12(3)22(28)18(9-15)25(33)34/h4-9,19,23-24,26-32H,1-3H3,(H,33,34). The molecule has 8 N–H and O–H groups in total. The van der Waals surface area contributed by atoms with Crippen LogP contribution in [0.15, 0.2) is 36.4 Å². The highest BCUT2D eigenvalue weighted by Gasteiger charge is 2.26. The van der Waals surface area contributed by atoms with E-state index in [4.69, 9.17) is 0 Å². The molecule has 3 aromatic carbocycles. The van der Waals surface area contributed by atoms with Gasteiger partial charge in [-0.15, -0.1) is 0 Å². The first-order valence-corrected chi connectivity index (χ1v) is 10.3. The van der Waals surface area contributed by atoms with Gasteiger partial charge in [0.15, 0.2) is 12.6 Å². The lowest BCUT2D eigenvalue weighted by atomic mass is 9.81. The molecule has 0 saturated heterocycles. The molecule has 0 aliphatic rings. The number of benzene rings is 3. The van der Waals surface area contributed by atoms with Gasteiger partial charge in [-0.1, -0.05) is 18.2 Å². The number of carbonyl (C=O) groups is 1. The summed E-state index contributed by atoms with van der Waals surface area (Å²) in [6, 6.07) is 8.66. The third-order valence-electron chi connectivity index (χ3n) is 5.81. The summed E-state index contributed by atoms with van der Waals surface area (Å²) < 4.78 is 0. The Morgan fingerprint density at radius 1 is 0.618 bits per heavy atom. The van der Waals surface area contributed by atoms with E-state index >= 15 is 0 Å². The number of carboxylic acid groups (broad SMARTS) is 1. The molecular formula is C25H26O9. The van der Waals surface area contributed by atoms with Gasteiger partial charge in [-0.2, -0.15) is 0 Å². The lowest BCUT2D eigenvalue weighted by molar-refractivity contribution is -0.0445. The number of aromatic carboxylic acids is 1. The summed E-state index contributed by atoms with van der Waals surface area (Å²) in [4.78, 5) is 11.7. The van der Waals surface area contributed by atoms with Crippen molar-refractivity contribution in [3.63, 3.8) is 0 Å². The molecule has 0 heterocycles. The van der Waals surface area contributed by atoms with E-state index < -0.39 is 30.2 Å². The van der Waals surface area contributed by atoms with Gasteiger partial charge in [0.25, 0.3) is 0 Å². The fraction of sp³-hybridized carbons (Fsp3) is 0.240. The van der Waals surface area contributed by atoms with Crippen LogP contribution in [0.1, 0.15) is 73.4 Å². The molecule has 3 rings (SSSR count). The largest absolute Gasteiger partial charge is 0.507 e. The fourth-order valence-corrected chi connectivity index (χ4v) is 4.11. The van der Waals surface area contributed by atoms with Crippen LogP contribution in [0.3, 0.4) is 0 Å². The van der Waals surface area contributed by atoms with Crippen LogP contribution in [-0.4, -0.2) is 46.8 Å². The van der Waals surface area contributed by atoms with Crippen LogP contribution in [0.5, 0.6) is 17.2 Å². The summed E-state index contributed by atoms with van der Waals surface area (Å²) in [6.07, 6.45) is -3.99. The molecule has 0 atom stereocenters. The van der Waals surface area contributed by atoms with Crippen molar-refractivity contribution in [2.45, 2.75) is 39.3 Å². The lowest BCUT2D eigenvalue weighted by Gasteiger charge is -2.24. The van der Waals surface area contributed by atoms with Gasteiger partial charge in [0.05, 0.1) is 0 Å². The van der Waals surface area contributed by atoms with Crippen LogP contribution < -0.4 is 0 Å². The Bertz CT molecular complexity index is 1200. The van der Waals surface area contributed by atoms with Gasteiger partial charge in [-0.05, 0) is 72.4 Å². The minimum atomic E-state index is -1.99. The normalized spacial score (nSPS) is 11.6. The smallest absolute Gasteiger partial charge is 0.339 e. The average molecular weight is 470 g/mol. The van der Waals surface area contributed by atoms with Crippen molar-refractivity contribution < 1.29 is 45.6 Å². The number of rotatable bonds is 6. The minimum absolute atomic E-state index is 0.174. The van der Waals surface area contributed by atoms with Crippen LogP contribution in [-0.2, 0) is 0 Å². The van der Waals surface area contributed by atoms with Crippen molar-refractivity contribution in [2.75, 3.05) is 0 Å². The Hall–Kier alpha value is -3.63. The monoisotopic (exact) mass is 470 g/mol. The van der Waals surface area contributed by atoms with E-state index in [2.05, 4.69) is 0 Å². The number of aryl methyl sites for hydroxylation is 3. The van der Waals surface area contributed by atoms with E-state index in [9.17, 15) is 45.6 Å². The molecular weight excluding hydrogens is 444 g/mol. The fourth-order valence-electron chi connectivity index (χ4n) is 4.11. The molecule has 0 aromatic heterocycles. The number of phenolic OH excluding ortho intramolecular Hbond substituents is 2. The first kappa shape index (κ1) is 25.0. The van der Waals surface area contributed by atoms with Crippen molar-refractivity contribution in [2.24, 2.45) is 0 Å². The summed E-state index contributed by atoms with van der Waals surface area (Å²) in [7, 11) is 0. The molecule has 9 heteroatoms. The lowest BCUT2D eigenvalue weighted by Crippen LogP contribution is -2.10. The Morgan fingerprint density at radius 3 is 1.32 bits per heavy atom. The second-order valence-corrected chi connectivity index (χ2v) is 8.27. The van der Waals surface area contributed by atoms with E-state index in [1.165, 1.54) is 25.1 Å². The summed E-state index contributed by atoms with van der Waals surface area (Å²) in [5.74, 6) is -3.22. The van der Waals surface area contributed by atoms with Crippen LogP contribution in [0, 0.1) is 20.8 Å². The Balaban J connectivity index is 2.42. The van der Waals surface area contributed by atoms with Crippen LogP contribution >= 0.6 is 0 Å². The highest BCUT2D eigenvalue weighted by Crippen LogP contribution is 2.41. The predicted octanol–water partition coefficient (Wildman–Crippen LogP) is 2.57. The van der Waals surface area contributed by atoms with Gasteiger partial charge in [-0.3, -0.25) is 0 Å². The molecule has 0 bridgehead atoms. The summed E-state index contributed by atoms with van der Waals surface area (Å²) in [5.41, 5.74) is 1.44. The molecule has 0 spiro atoms. The van der Waals surface area contributed by atoms with Crippen molar-refractivity contribution in [1.82, 2.24) is 0 Å². The molecule has 34 heavy (non-hydrogen) atoms. The molecule has 9 nitrogen and oxygen atoms in total.